The molecule has 24 heavy (non-hydrogen) atoms. The monoisotopic (exact) mass is 345 g/mol. The van der Waals surface area contributed by atoms with E-state index >= 15 is 0 Å². The Kier molecular flexibility index (Phi) is 5.93. The summed E-state index contributed by atoms with van der Waals surface area (Å²) in [4.78, 5) is 15.6. The number of hydrogen-bond acceptors (Lipinski definition) is 5. The van der Waals surface area contributed by atoms with Gasteiger partial charge in [0.05, 0.1) is 18.6 Å². The Morgan fingerprint density at radius 2 is 1.92 bits per heavy atom. The summed E-state index contributed by atoms with van der Waals surface area (Å²) in [6.07, 6.45) is -4.90. The fraction of sp³-hybridized carbons (Fsp3) is 0.562. The second-order valence-corrected chi connectivity index (χ2v) is 5.69. The number of anilines is 2. The van der Waals surface area contributed by atoms with Crippen LogP contribution in [0.5, 0.6) is 0 Å². The van der Waals surface area contributed by atoms with E-state index < -0.39 is 18.6 Å². The van der Waals surface area contributed by atoms with Gasteiger partial charge in [0.2, 0.25) is 0 Å². The Balaban J connectivity index is 1.92. The van der Waals surface area contributed by atoms with Crippen LogP contribution in [-0.2, 0) is 4.74 Å². The first-order valence-corrected chi connectivity index (χ1v) is 7.91. The van der Waals surface area contributed by atoms with Gasteiger partial charge in [0, 0.05) is 44.1 Å². The molecule has 2 N–H and O–H groups in total. The standard InChI is InChI=1S/C16H22F3N3O2/c1-2-24-15(23)13-4-3-12(11-14(13)20)22-9-7-21(8-10-22)6-5-16(17,18)19/h3-4,11H,2,5-10,20H2,1H3. The Bertz CT molecular complexity index is 570. The molecule has 1 aliphatic rings. The minimum absolute atomic E-state index is 0.0290. The molecule has 134 valence electrons. The molecule has 1 aliphatic heterocycles. The van der Waals surface area contributed by atoms with Crippen molar-refractivity contribution in [3.63, 3.8) is 0 Å². The van der Waals surface area contributed by atoms with E-state index in [-0.39, 0.29) is 13.2 Å². The Morgan fingerprint density at radius 3 is 2.46 bits per heavy atom. The largest absolute Gasteiger partial charge is 0.462 e. The number of carbonyl (C=O) groups excluding carboxylic acids is 1. The molecule has 0 unspecified atom stereocenters. The number of hydrogen-bond donors (Lipinski definition) is 1. The van der Waals surface area contributed by atoms with E-state index in [4.69, 9.17) is 10.5 Å². The van der Waals surface area contributed by atoms with Crippen molar-refractivity contribution in [2.24, 2.45) is 0 Å². The number of nitrogens with zero attached hydrogens (tertiary/aromatic N) is 2. The predicted octanol–water partition coefficient (Wildman–Crippen LogP) is 2.52. The average Bonchev–Trinajstić information content (AvgIpc) is 2.53. The lowest BCUT2D eigenvalue weighted by Crippen LogP contribution is -2.47. The van der Waals surface area contributed by atoms with Crippen LogP contribution in [-0.4, -0.2) is 56.4 Å². The summed E-state index contributed by atoms with van der Waals surface area (Å²) in [5, 5.41) is 0. The van der Waals surface area contributed by atoms with Gasteiger partial charge in [-0.15, -0.1) is 0 Å². The molecule has 0 bridgehead atoms. The highest BCUT2D eigenvalue weighted by Crippen LogP contribution is 2.24. The van der Waals surface area contributed by atoms with Gasteiger partial charge < -0.3 is 15.4 Å². The summed E-state index contributed by atoms with van der Waals surface area (Å²) in [5.74, 6) is -0.460. The number of halogens is 3. The van der Waals surface area contributed by atoms with Crippen LogP contribution in [0.1, 0.15) is 23.7 Å². The van der Waals surface area contributed by atoms with Crippen molar-refractivity contribution in [3.8, 4) is 0 Å². The van der Waals surface area contributed by atoms with Crippen molar-refractivity contribution >= 4 is 17.3 Å². The third-order valence-electron chi connectivity index (χ3n) is 3.98. The zero-order valence-electron chi connectivity index (χ0n) is 13.6. The maximum Gasteiger partial charge on any atom is 0.390 e. The zero-order chi connectivity index (χ0) is 17.7. The topological polar surface area (TPSA) is 58.8 Å². The molecule has 1 saturated heterocycles. The Labute approximate surface area is 139 Å². The number of benzene rings is 1. The molecule has 0 radical (unpaired) electrons. The molecule has 1 aromatic rings. The van der Waals surface area contributed by atoms with E-state index in [2.05, 4.69) is 4.90 Å². The molecule has 0 amide bonds. The van der Waals surface area contributed by atoms with Gasteiger partial charge in [-0.1, -0.05) is 0 Å². The van der Waals surface area contributed by atoms with Crippen molar-refractivity contribution in [2.45, 2.75) is 19.5 Å². The van der Waals surface area contributed by atoms with Crippen LogP contribution in [0.25, 0.3) is 0 Å². The molecule has 0 saturated carbocycles. The molecule has 8 heteroatoms. The number of piperazine rings is 1. The SMILES string of the molecule is CCOC(=O)c1ccc(N2CCN(CCC(F)(F)F)CC2)cc1N. The number of ether oxygens (including phenoxy) is 1. The van der Waals surface area contributed by atoms with Gasteiger partial charge in [-0.3, -0.25) is 4.90 Å². The van der Waals surface area contributed by atoms with Crippen LogP contribution in [0.3, 0.4) is 0 Å². The fourth-order valence-electron chi connectivity index (χ4n) is 2.66. The van der Waals surface area contributed by atoms with E-state index in [9.17, 15) is 18.0 Å². The number of nitrogen functional groups attached to an aromatic ring is 1. The predicted molar refractivity (Wildman–Crippen MR) is 86.1 cm³/mol. The van der Waals surface area contributed by atoms with Gasteiger partial charge in [0.15, 0.2) is 0 Å². The molecule has 0 atom stereocenters. The van der Waals surface area contributed by atoms with E-state index in [1.54, 1.807) is 30.0 Å². The molecular weight excluding hydrogens is 323 g/mol. The summed E-state index contributed by atoms with van der Waals surface area (Å²) in [5.41, 5.74) is 7.44. The zero-order valence-corrected chi connectivity index (χ0v) is 13.6. The Morgan fingerprint density at radius 1 is 1.25 bits per heavy atom. The van der Waals surface area contributed by atoms with Gasteiger partial charge in [-0.05, 0) is 25.1 Å². The lowest BCUT2D eigenvalue weighted by Gasteiger charge is -2.36. The van der Waals surface area contributed by atoms with Crippen molar-refractivity contribution in [1.29, 1.82) is 0 Å². The Hall–Kier alpha value is -1.96. The van der Waals surface area contributed by atoms with Gasteiger partial charge >= 0.3 is 12.1 Å². The summed E-state index contributed by atoms with van der Waals surface area (Å²) in [6.45, 7) is 4.40. The minimum Gasteiger partial charge on any atom is -0.462 e. The van der Waals surface area contributed by atoms with Crippen LogP contribution in [0.15, 0.2) is 18.2 Å². The number of esters is 1. The first-order chi connectivity index (χ1) is 11.3. The smallest absolute Gasteiger partial charge is 0.390 e. The minimum atomic E-state index is -4.12. The quantitative estimate of drug-likeness (QED) is 0.656. The third-order valence-corrected chi connectivity index (χ3v) is 3.98. The molecular formula is C16H22F3N3O2. The van der Waals surface area contributed by atoms with Crippen LogP contribution < -0.4 is 10.6 Å². The molecule has 5 nitrogen and oxygen atoms in total. The summed E-state index contributed by atoms with van der Waals surface area (Å²) < 4.78 is 41.7. The first-order valence-electron chi connectivity index (χ1n) is 7.91. The fourth-order valence-corrected chi connectivity index (χ4v) is 2.66. The third kappa shape index (κ3) is 5.02. The maximum atomic E-state index is 12.3. The number of alkyl halides is 3. The highest BCUT2D eigenvalue weighted by molar-refractivity contribution is 5.95. The van der Waals surface area contributed by atoms with Gasteiger partial charge in [-0.25, -0.2) is 4.79 Å². The molecule has 0 spiro atoms. The van der Waals surface area contributed by atoms with Gasteiger partial charge in [-0.2, -0.15) is 13.2 Å². The highest BCUT2D eigenvalue weighted by Gasteiger charge is 2.28. The van der Waals surface area contributed by atoms with Crippen LogP contribution >= 0.6 is 0 Å². The molecule has 1 fully saturated rings. The van der Waals surface area contributed by atoms with Gasteiger partial charge in [0.1, 0.15) is 0 Å². The molecule has 1 aromatic carbocycles. The lowest BCUT2D eigenvalue weighted by molar-refractivity contribution is -0.138. The van der Waals surface area contributed by atoms with Crippen LogP contribution in [0.4, 0.5) is 24.5 Å². The van der Waals surface area contributed by atoms with E-state index in [1.165, 1.54) is 0 Å². The van der Waals surface area contributed by atoms with Crippen molar-refractivity contribution in [1.82, 2.24) is 4.90 Å². The number of rotatable bonds is 5. The highest BCUT2D eigenvalue weighted by atomic mass is 19.4. The van der Waals surface area contributed by atoms with Gasteiger partial charge in [0.25, 0.3) is 0 Å². The van der Waals surface area contributed by atoms with Crippen molar-refractivity contribution in [2.75, 3.05) is 50.0 Å². The molecule has 2 rings (SSSR count). The van der Waals surface area contributed by atoms with Crippen molar-refractivity contribution < 1.29 is 22.7 Å². The summed E-state index contributed by atoms with van der Waals surface area (Å²) in [6, 6.07) is 5.12. The molecule has 1 heterocycles. The van der Waals surface area contributed by atoms with Crippen LogP contribution in [0.2, 0.25) is 0 Å². The van der Waals surface area contributed by atoms with E-state index in [0.29, 0.717) is 37.4 Å². The van der Waals surface area contributed by atoms with E-state index in [1.807, 2.05) is 0 Å². The van der Waals surface area contributed by atoms with E-state index in [0.717, 1.165) is 5.69 Å². The first kappa shape index (κ1) is 18.4. The number of nitrogens with two attached hydrogens (primary N) is 1. The second kappa shape index (κ2) is 7.74. The lowest BCUT2D eigenvalue weighted by atomic mass is 10.1. The number of carbonyl (C=O) groups is 1. The summed E-state index contributed by atoms with van der Waals surface area (Å²) >= 11 is 0. The molecule has 0 aliphatic carbocycles. The van der Waals surface area contributed by atoms with Crippen LogP contribution in [0, 0.1) is 0 Å². The maximum absolute atomic E-state index is 12.3. The second-order valence-electron chi connectivity index (χ2n) is 5.69. The average molecular weight is 345 g/mol. The summed E-state index contributed by atoms with van der Waals surface area (Å²) in [7, 11) is 0. The molecule has 0 aromatic heterocycles. The normalized spacial score (nSPS) is 16.2. The van der Waals surface area contributed by atoms with Crippen molar-refractivity contribution in [3.05, 3.63) is 23.8 Å².